The monoisotopic (exact) mass is 813 g/mol. The van der Waals surface area contributed by atoms with E-state index in [2.05, 4.69) is 66.3 Å². The first-order valence-electron chi connectivity index (χ1n) is 18.5. The Kier molecular flexibility index (Phi) is 13.6. The van der Waals surface area contributed by atoms with Crippen LogP contribution in [-0.4, -0.2) is 69.1 Å². The highest BCUT2D eigenvalue weighted by Crippen LogP contribution is 2.32. The zero-order valence-corrected chi connectivity index (χ0v) is 34.1. The van der Waals surface area contributed by atoms with E-state index >= 15 is 0 Å². The Morgan fingerprint density at radius 2 is 0.702 bits per heavy atom. The second-order valence-electron chi connectivity index (χ2n) is 12.5. The molecule has 0 aliphatic rings. The molecule has 0 atom stereocenters. The molecule has 0 saturated heterocycles. The van der Waals surface area contributed by atoms with Crippen LogP contribution >= 0.6 is 34.0 Å². The quantitative estimate of drug-likeness (QED) is 0.0774. The summed E-state index contributed by atoms with van der Waals surface area (Å²) in [5.74, 6) is 2.49. The molecule has 0 aliphatic heterocycles. The van der Waals surface area contributed by atoms with Gasteiger partial charge in [0.2, 0.25) is 15.4 Å². The second-order valence-corrected chi connectivity index (χ2v) is 15.4. The molecule has 0 radical (unpaired) electrons. The van der Waals surface area contributed by atoms with Crippen LogP contribution < -0.4 is 14.2 Å². The van der Waals surface area contributed by atoms with Gasteiger partial charge in [0.25, 0.3) is 0 Å². The molecule has 0 unspecified atom stereocenters. The van der Waals surface area contributed by atoms with Crippen molar-refractivity contribution in [2.24, 2.45) is 15.0 Å². The smallest absolute Gasteiger partial charge is 0.231 e. The molecular formula is C42H39N9O3S3. The topological polar surface area (TPSA) is 142 Å². The van der Waals surface area contributed by atoms with Crippen LogP contribution in [0, 0.1) is 0 Å². The summed E-state index contributed by atoms with van der Waals surface area (Å²) in [7, 11) is 0. The summed E-state index contributed by atoms with van der Waals surface area (Å²) in [6.45, 7) is 8.29. The summed E-state index contributed by atoms with van der Waals surface area (Å²) in [5.41, 5.74) is 5.31. The van der Waals surface area contributed by atoms with Crippen LogP contribution in [0.4, 0.5) is 15.4 Å². The third-order valence-corrected chi connectivity index (χ3v) is 10.6. The van der Waals surface area contributed by atoms with E-state index in [-0.39, 0.29) is 0 Å². The van der Waals surface area contributed by atoms with Crippen molar-refractivity contribution in [1.29, 1.82) is 0 Å². The zero-order chi connectivity index (χ0) is 39.2. The maximum absolute atomic E-state index is 5.71. The molecule has 4 aromatic carbocycles. The van der Waals surface area contributed by atoms with Crippen molar-refractivity contribution in [2.45, 2.75) is 40.0 Å². The summed E-state index contributed by atoms with van der Waals surface area (Å²) in [6.07, 6.45) is 8.13. The molecule has 0 aliphatic carbocycles. The first kappa shape index (κ1) is 39.2. The van der Waals surface area contributed by atoms with Gasteiger partial charge < -0.3 is 14.2 Å². The minimum atomic E-state index is 0.531. The fraction of sp³-hybridized carbons (Fsp3) is 0.214. The second kappa shape index (κ2) is 19.7. The predicted molar refractivity (Wildman–Crippen MR) is 232 cm³/mol. The van der Waals surface area contributed by atoms with Gasteiger partial charge in [-0.2, -0.15) is 0 Å². The highest BCUT2D eigenvalue weighted by atomic mass is 32.1. The van der Waals surface area contributed by atoms with Gasteiger partial charge in [0.15, 0.2) is 0 Å². The van der Waals surface area contributed by atoms with Gasteiger partial charge in [-0.3, -0.25) is 0 Å². The van der Waals surface area contributed by atoms with Crippen molar-refractivity contribution in [3.05, 3.63) is 108 Å². The van der Waals surface area contributed by atoms with Gasteiger partial charge in [0, 0.05) is 35.3 Å². The molecule has 3 aromatic heterocycles. The number of rotatable bonds is 18. The van der Waals surface area contributed by atoms with Crippen LogP contribution in [0.3, 0.4) is 0 Å². The molecule has 0 bridgehead atoms. The lowest BCUT2D eigenvalue weighted by atomic mass is 10.1. The van der Waals surface area contributed by atoms with Crippen molar-refractivity contribution in [2.75, 3.05) is 19.8 Å². The number of ether oxygens (including phenoxy) is 3. The van der Waals surface area contributed by atoms with Crippen LogP contribution in [-0.2, 0) is 0 Å². The Morgan fingerprint density at radius 3 is 0.965 bits per heavy atom. The van der Waals surface area contributed by atoms with Crippen LogP contribution in [0.2, 0.25) is 0 Å². The van der Waals surface area contributed by atoms with Crippen molar-refractivity contribution >= 4 is 68.0 Å². The fourth-order valence-electron chi connectivity index (χ4n) is 5.21. The lowest BCUT2D eigenvalue weighted by Crippen LogP contribution is -1.94. The van der Waals surface area contributed by atoms with Crippen LogP contribution in [0.25, 0.3) is 31.7 Å². The maximum atomic E-state index is 5.71. The lowest BCUT2D eigenvalue weighted by Gasteiger charge is -2.04. The normalized spacial score (nSPS) is 11.6. The highest BCUT2D eigenvalue weighted by Gasteiger charge is 2.10. The highest BCUT2D eigenvalue weighted by molar-refractivity contribution is 7.18. The van der Waals surface area contributed by atoms with E-state index in [0.717, 1.165) is 84.9 Å². The molecule has 7 aromatic rings. The average molecular weight is 814 g/mol. The Morgan fingerprint density at radius 1 is 0.421 bits per heavy atom. The van der Waals surface area contributed by atoms with Crippen molar-refractivity contribution in [3.8, 4) is 49.0 Å². The lowest BCUT2D eigenvalue weighted by molar-refractivity contribution is 0.317. The fourth-order valence-corrected chi connectivity index (χ4v) is 7.30. The zero-order valence-electron chi connectivity index (χ0n) is 31.6. The number of benzene rings is 4. The third kappa shape index (κ3) is 11.1. The van der Waals surface area contributed by atoms with Crippen LogP contribution in [0.1, 0.15) is 56.7 Å². The molecule has 57 heavy (non-hydrogen) atoms. The summed E-state index contributed by atoms with van der Waals surface area (Å²) in [4.78, 5) is 14.0. The molecule has 0 saturated carbocycles. The average Bonchev–Trinajstić information content (AvgIpc) is 4.05. The molecule has 7 rings (SSSR count). The number of aromatic nitrogens is 6. The third-order valence-electron chi connectivity index (χ3n) is 7.94. The Labute approximate surface area is 342 Å². The van der Waals surface area contributed by atoms with Gasteiger partial charge in [0.05, 0.1) is 19.8 Å². The Hall–Kier alpha value is -6.03. The van der Waals surface area contributed by atoms with Crippen LogP contribution in [0.5, 0.6) is 17.2 Å². The van der Waals surface area contributed by atoms with Gasteiger partial charge >= 0.3 is 0 Å². The predicted octanol–water partition coefficient (Wildman–Crippen LogP) is 10.9. The van der Waals surface area contributed by atoms with Gasteiger partial charge in [0.1, 0.15) is 32.3 Å². The Balaban J connectivity index is 1.10. The van der Waals surface area contributed by atoms with E-state index in [9.17, 15) is 0 Å². The molecule has 0 spiro atoms. The first-order chi connectivity index (χ1) is 28.0. The Bertz CT molecular complexity index is 2160. The molecule has 0 N–H and O–H groups in total. The minimum Gasteiger partial charge on any atom is -0.494 e. The van der Waals surface area contributed by atoms with E-state index in [1.807, 2.05) is 91.0 Å². The summed E-state index contributed by atoms with van der Waals surface area (Å²) in [6, 6.07) is 29.5. The van der Waals surface area contributed by atoms with E-state index in [1.165, 1.54) is 34.0 Å². The minimum absolute atomic E-state index is 0.531. The molecule has 3 heterocycles. The first-order valence-corrected chi connectivity index (χ1v) is 21.0. The molecule has 288 valence electrons. The van der Waals surface area contributed by atoms with E-state index in [4.69, 9.17) is 14.2 Å². The summed E-state index contributed by atoms with van der Waals surface area (Å²) >= 11 is 4.22. The molecule has 0 fully saturated rings. The summed E-state index contributed by atoms with van der Waals surface area (Å²) < 4.78 is 17.1. The maximum Gasteiger partial charge on any atom is 0.231 e. The standard InChI is InChI=1S/C42H39N9O3S3/c1-4-19-52-34-13-7-31(8-14-34)37-46-49-40(55-37)43-25-28-22-29(26-44-41-50-47-38(56-41)32-9-15-35(16-10-32)53-20-5-2)24-30(23-28)27-45-42-51-48-39(57-42)33-11-17-36(18-12-33)54-21-6-3/h7-18,22-27H,4-6,19-21H2,1-3H3/b43-25+,44-26+,45-27+. The largest absolute Gasteiger partial charge is 0.494 e. The van der Waals surface area contributed by atoms with Gasteiger partial charge in [-0.25, -0.2) is 15.0 Å². The SMILES string of the molecule is CCCOc1ccc(-c2nnc(/N=C/c3cc(/C=N/c4nnc(-c5ccc(OCCC)cc5)s4)cc(/C=N/c4nnc(-c5ccc(OCCC)cc5)s4)c3)s2)cc1. The van der Waals surface area contributed by atoms with E-state index < -0.39 is 0 Å². The molecule has 0 amide bonds. The number of hydrogen-bond donors (Lipinski definition) is 0. The van der Waals surface area contributed by atoms with Crippen molar-refractivity contribution < 1.29 is 14.2 Å². The summed E-state index contributed by atoms with van der Waals surface area (Å²) in [5, 5.41) is 29.9. The molecule has 15 heteroatoms. The van der Waals surface area contributed by atoms with Gasteiger partial charge in [-0.1, -0.05) is 54.8 Å². The van der Waals surface area contributed by atoms with E-state index in [1.54, 1.807) is 18.6 Å². The number of nitrogens with zero attached hydrogens (tertiary/aromatic N) is 9. The van der Waals surface area contributed by atoms with Crippen molar-refractivity contribution in [3.63, 3.8) is 0 Å². The number of aliphatic imine (C=N–C) groups is 3. The molecule has 12 nitrogen and oxygen atoms in total. The molecular weight excluding hydrogens is 775 g/mol. The number of hydrogen-bond acceptors (Lipinski definition) is 15. The van der Waals surface area contributed by atoms with Crippen LogP contribution in [0.15, 0.2) is 106 Å². The van der Waals surface area contributed by atoms with Gasteiger partial charge in [-0.15, -0.1) is 30.6 Å². The van der Waals surface area contributed by atoms with Crippen molar-refractivity contribution in [1.82, 2.24) is 30.6 Å². The van der Waals surface area contributed by atoms with Gasteiger partial charge in [-0.05, 0) is 127 Å². The van der Waals surface area contributed by atoms with E-state index in [0.29, 0.717) is 35.2 Å².